The van der Waals surface area contributed by atoms with E-state index in [1.54, 1.807) is 19.1 Å². The lowest BCUT2D eigenvalue weighted by Crippen LogP contribution is -1.98. The molecule has 4 rings (SSSR count). The Morgan fingerprint density at radius 2 is 1.54 bits per heavy atom. The van der Waals surface area contributed by atoms with Crippen molar-refractivity contribution in [3.63, 3.8) is 0 Å². The monoisotopic (exact) mass is 316 g/mol. The van der Waals surface area contributed by atoms with E-state index < -0.39 is 0 Å². The maximum atomic E-state index is 10.5. The van der Waals surface area contributed by atoms with Crippen molar-refractivity contribution in [2.24, 2.45) is 0 Å². The van der Waals surface area contributed by atoms with Crippen molar-refractivity contribution >= 4 is 11.0 Å². The molecule has 118 valence electrons. The molecule has 24 heavy (non-hydrogen) atoms. The van der Waals surface area contributed by atoms with E-state index in [2.05, 4.69) is 0 Å². The number of phenols is 2. The Morgan fingerprint density at radius 3 is 2.33 bits per heavy atom. The largest absolute Gasteiger partial charge is 0.508 e. The maximum absolute atomic E-state index is 10.5. The number of phenolic OH excluding ortho intramolecular Hbond substituents is 2. The molecule has 0 unspecified atom stereocenters. The maximum Gasteiger partial charge on any atom is 0.149 e. The average Bonchev–Trinajstić information content (AvgIpc) is 2.99. The smallest absolute Gasteiger partial charge is 0.149 e. The van der Waals surface area contributed by atoms with Crippen molar-refractivity contribution in [3.05, 3.63) is 72.3 Å². The Hall–Kier alpha value is -3.27. The van der Waals surface area contributed by atoms with Gasteiger partial charge in [-0.25, -0.2) is 4.98 Å². The van der Waals surface area contributed by atoms with Crippen LogP contribution < -0.4 is 0 Å². The predicted molar refractivity (Wildman–Crippen MR) is 94.6 cm³/mol. The molecule has 0 saturated heterocycles. The fourth-order valence-corrected chi connectivity index (χ4v) is 2.92. The van der Waals surface area contributed by atoms with Crippen LogP contribution in [0.4, 0.5) is 0 Å². The molecule has 0 spiro atoms. The fourth-order valence-electron chi connectivity index (χ4n) is 2.92. The van der Waals surface area contributed by atoms with E-state index in [0.717, 1.165) is 16.7 Å². The summed E-state index contributed by atoms with van der Waals surface area (Å²) in [5.74, 6) is 0.754. The minimum Gasteiger partial charge on any atom is -0.508 e. The van der Waals surface area contributed by atoms with Gasteiger partial charge >= 0.3 is 0 Å². The first kappa shape index (κ1) is 14.3. The first-order valence-electron chi connectivity index (χ1n) is 7.71. The molecule has 4 nitrogen and oxygen atoms in total. The molecular weight excluding hydrogens is 300 g/mol. The van der Waals surface area contributed by atoms with Crippen molar-refractivity contribution in [1.82, 2.24) is 9.55 Å². The van der Waals surface area contributed by atoms with Crippen molar-refractivity contribution < 1.29 is 10.2 Å². The van der Waals surface area contributed by atoms with E-state index >= 15 is 0 Å². The summed E-state index contributed by atoms with van der Waals surface area (Å²) in [6.45, 7) is 1.68. The number of imidazole rings is 1. The van der Waals surface area contributed by atoms with Crippen LogP contribution in [0.15, 0.2) is 66.7 Å². The molecule has 0 radical (unpaired) electrons. The molecule has 2 N–H and O–H groups in total. The number of benzene rings is 3. The van der Waals surface area contributed by atoms with Gasteiger partial charge in [-0.05, 0) is 43.3 Å². The highest BCUT2D eigenvalue weighted by Crippen LogP contribution is 2.38. The van der Waals surface area contributed by atoms with Crippen molar-refractivity contribution in [3.8, 4) is 28.6 Å². The zero-order valence-electron chi connectivity index (χ0n) is 13.1. The van der Waals surface area contributed by atoms with Crippen LogP contribution in [0.25, 0.3) is 28.1 Å². The first-order chi connectivity index (χ1) is 11.7. The highest BCUT2D eigenvalue weighted by atomic mass is 16.3. The van der Waals surface area contributed by atoms with Crippen molar-refractivity contribution in [1.29, 1.82) is 0 Å². The number of hydrogen-bond donors (Lipinski definition) is 2. The summed E-state index contributed by atoms with van der Waals surface area (Å²) in [5.41, 5.74) is 3.81. The summed E-state index contributed by atoms with van der Waals surface area (Å²) < 4.78 is 2.01. The Balaban J connectivity index is 2.08. The third-order valence-corrected chi connectivity index (χ3v) is 4.22. The SMILES string of the molecule is Cc1c(O)ccc(-c2nc3ccccc3n2-c2ccccc2)c1O. The van der Waals surface area contributed by atoms with Crippen LogP contribution in [-0.4, -0.2) is 19.8 Å². The van der Waals surface area contributed by atoms with Crippen molar-refractivity contribution in [2.45, 2.75) is 6.92 Å². The van der Waals surface area contributed by atoms with Crippen LogP contribution >= 0.6 is 0 Å². The zero-order chi connectivity index (χ0) is 16.7. The summed E-state index contributed by atoms with van der Waals surface area (Å²) >= 11 is 0. The Kier molecular flexibility index (Phi) is 3.24. The molecule has 0 fully saturated rings. The van der Waals surface area contributed by atoms with Gasteiger partial charge in [0.15, 0.2) is 0 Å². The van der Waals surface area contributed by atoms with E-state index in [1.807, 2.05) is 59.2 Å². The number of rotatable bonds is 2. The quantitative estimate of drug-likeness (QED) is 0.576. The second-order valence-electron chi connectivity index (χ2n) is 5.70. The van der Waals surface area contributed by atoms with E-state index in [0.29, 0.717) is 17.0 Å². The predicted octanol–water partition coefficient (Wildman–Crippen LogP) is 4.41. The molecule has 0 aliphatic rings. The normalized spacial score (nSPS) is 11.0. The summed E-state index contributed by atoms with van der Waals surface area (Å²) in [5, 5.41) is 20.3. The fraction of sp³-hybridized carbons (Fsp3) is 0.0500. The van der Waals surface area contributed by atoms with Gasteiger partial charge in [0.05, 0.1) is 16.6 Å². The zero-order valence-corrected chi connectivity index (χ0v) is 13.1. The van der Waals surface area contributed by atoms with Crippen LogP contribution in [0.5, 0.6) is 11.5 Å². The molecule has 3 aromatic carbocycles. The summed E-state index contributed by atoms with van der Waals surface area (Å²) in [7, 11) is 0. The number of fused-ring (bicyclic) bond motifs is 1. The third-order valence-electron chi connectivity index (χ3n) is 4.22. The third kappa shape index (κ3) is 2.12. The summed E-state index contributed by atoms with van der Waals surface area (Å²) in [6.07, 6.45) is 0. The Bertz CT molecular complexity index is 1040. The minimum absolute atomic E-state index is 0.0440. The number of aromatic hydroxyl groups is 2. The number of hydrogen-bond acceptors (Lipinski definition) is 3. The molecule has 0 amide bonds. The Morgan fingerprint density at radius 1 is 0.833 bits per heavy atom. The molecule has 0 bridgehead atoms. The lowest BCUT2D eigenvalue weighted by Gasteiger charge is -2.12. The highest BCUT2D eigenvalue weighted by molar-refractivity contribution is 5.85. The van der Waals surface area contributed by atoms with E-state index in [4.69, 9.17) is 4.98 Å². The first-order valence-corrected chi connectivity index (χ1v) is 7.71. The van der Waals surface area contributed by atoms with Gasteiger partial charge in [0.1, 0.15) is 17.3 Å². The van der Waals surface area contributed by atoms with Gasteiger partial charge < -0.3 is 10.2 Å². The molecule has 4 aromatic rings. The van der Waals surface area contributed by atoms with Crippen LogP contribution in [0.1, 0.15) is 5.56 Å². The van der Waals surface area contributed by atoms with Crippen LogP contribution in [0.2, 0.25) is 0 Å². The molecule has 0 atom stereocenters. The van der Waals surface area contributed by atoms with Crippen molar-refractivity contribution in [2.75, 3.05) is 0 Å². The average molecular weight is 316 g/mol. The molecule has 0 aliphatic carbocycles. The van der Waals surface area contributed by atoms with Crippen LogP contribution in [0.3, 0.4) is 0 Å². The van der Waals surface area contributed by atoms with Gasteiger partial charge in [0, 0.05) is 11.3 Å². The van der Waals surface area contributed by atoms with Gasteiger partial charge in [-0.15, -0.1) is 0 Å². The van der Waals surface area contributed by atoms with Gasteiger partial charge in [-0.3, -0.25) is 4.57 Å². The molecule has 0 aliphatic heterocycles. The van der Waals surface area contributed by atoms with Crippen LogP contribution in [0, 0.1) is 6.92 Å². The number of para-hydroxylation sites is 3. The van der Waals surface area contributed by atoms with E-state index in [1.165, 1.54) is 0 Å². The lowest BCUT2D eigenvalue weighted by molar-refractivity contribution is 0.444. The van der Waals surface area contributed by atoms with Gasteiger partial charge in [-0.2, -0.15) is 0 Å². The molecule has 4 heteroatoms. The minimum atomic E-state index is 0.0440. The van der Waals surface area contributed by atoms with Gasteiger partial charge in [0.2, 0.25) is 0 Å². The van der Waals surface area contributed by atoms with Gasteiger partial charge in [0.25, 0.3) is 0 Å². The molecule has 1 aromatic heterocycles. The second-order valence-corrected chi connectivity index (χ2v) is 5.70. The van der Waals surface area contributed by atoms with Crippen LogP contribution in [-0.2, 0) is 0 Å². The summed E-state index contributed by atoms with van der Waals surface area (Å²) in [4.78, 5) is 4.71. The standard InChI is InChI=1S/C20H16N2O2/c1-13-18(23)12-11-15(19(13)24)20-21-16-9-5-6-10-17(16)22(20)14-7-3-2-4-8-14/h2-12,23-24H,1H3. The lowest BCUT2D eigenvalue weighted by atomic mass is 10.1. The highest BCUT2D eigenvalue weighted by Gasteiger charge is 2.18. The molecule has 1 heterocycles. The van der Waals surface area contributed by atoms with E-state index in [-0.39, 0.29) is 11.5 Å². The second kappa shape index (κ2) is 5.42. The van der Waals surface area contributed by atoms with E-state index in [9.17, 15) is 10.2 Å². The number of nitrogens with zero attached hydrogens (tertiary/aromatic N) is 2. The summed E-state index contributed by atoms with van der Waals surface area (Å²) in [6, 6.07) is 21.0. The topological polar surface area (TPSA) is 58.3 Å². The molecular formula is C20H16N2O2. The molecule has 0 saturated carbocycles. The number of aromatic nitrogens is 2. The van der Waals surface area contributed by atoms with Gasteiger partial charge in [-0.1, -0.05) is 30.3 Å². The Labute approximate surface area is 139 Å².